The van der Waals surface area contributed by atoms with Crippen LogP contribution in [-0.2, 0) is 0 Å². The van der Waals surface area contributed by atoms with Crippen molar-refractivity contribution >= 4 is 0 Å². The van der Waals surface area contributed by atoms with Crippen LogP contribution in [0.3, 0.4) is 0 Å². The molecule has 0 saturated heterocycles. The maximum Gasteiger partial charge on any atom is 0.0331 e. The van der Waals surface area contributed by atoms with Crippen LogP contribution in [0.25, 0.3) is 0 Å². The minimum Gasteiger partial charge on any atom is -0.329 e. The van der Waals surface area contributed by atoms with E-state index < -0.39 is 0 Å². The molecule has 0 atom stereocenters. The summed E-state index contributed by atoms with van der Waals surface area (Å²) in [6.45, 7) is 11.4. The van der Waals surface area contributed by atoms with Crippen molar-refractivity contribution in [1.29, 1.82) is 0 Å². The number of nitrogens with zero attached hydrogens (tertiary/aromatic N) is 2. The maximum absolute atomic E-state index is 6.22. The molecular formula is C17H37N3. The van der Waals surface area contributed by atoms with Gasteiger partial charge in [-0.2, -0.15) is 0 Å². The minimum atomic E-state index is 0.284. The predicted octanol–water partition coefficient (Wildman–Crippen LogP) is 2.80. The smallest absolute Gasteiger partial charge is 0.0331 e. The first-order valence-corrected chi connectivity index (χ1v) is 8.55. The van der Waals surface area contributed by atoms with Gasteiger partial charge in [-0.05, 0) is 77.7 Å². The van der Waals surface area contributed by atoms with Gasteiger partial charge in [0.1, 0.15) is 0 Å². The molecule has 0 radical (unpaired) electrons. The largest absolute Gasteiger partial charge is 0.329 e. The normalized spacial score (nSPS) is 27.8. The van der Waals surface area contributed by atoms with Gasteiger partial charge in [-0.15, -0.1) is 0 Å². The number of nitrogens with two attached hydrogens (primary N) is 1. The Morgan fingerprint density at radius 3 is 2.15 bits per heavy atom. The van der Waals surface area contributed by atoms with E-state index in [1.807, 2.05) is 0 Å². The molecule has 0 bridgehead atoms. The molecule has 0 aromatic heterocycles. The van der Waals surface area contributed by atoms with Crippen LogP contribution in [0.1, 0.15) is 52.9 Å². The third-order valence-electron chi connectivity index (χ3n) is 5.37. The van der Waals surface area contributed by atoms with Gasteiger partial charge < -0.3 is 10.6 Å². The molecular weight excluding hydrogens is 246 g/mol. The molecule has 1 fully saturated rings. The Bertz CT molecular complexity index is 255. The second kappa shape index (κ2) is 8.35. The third kappa shape index (κ3) is 4.71. The monoisotopic (exact) mass is 283 g/mol. The summed E-state index contributed by atoms with van der Waals surface area (Å²) in [5, 5.41) is 0. The van der Waals surface area contributed by atoms with Crippen LogP contribution in [0.2, 0.25) is 0 Å². The highest BCUT2D eigenvalue weighted by Crippen LogP contribution is 2.38. The van der Waals surface area contributed by atoms with Crippen molar-refractivity contribution in [2.45, 2.75) is 58.4 Å². The van der Waals surface area contributed by atoms with Crippen LogP contribution in [-0.4, -0.2) is 55.6 Å². The van der Waals surface area contributed by atoms with Crippen molar-refractivity contribution in [1.82, 2.24) is 9.80 Å². The fraction of sp³-hybridized carbons (Fsp3) is 1.00. The van der Waals surface area contributed by atoms with E-state index in [1.165, 1.54) is 45.2 Å². The Balaban J connectivity index is 2.57. The summed E-state index contributed by atoms with van der Waals surface area (Å²) in [7, 11) is 4.31. The van der Waals surface area contributed by atoms with E-state index in [0.29, 0.717) is 0 Å². The molecule has 0 aromatic carbocycles. The van der Waals surface area contributed by atoms with E-state index in [-0.39, 0.29) is 5.54 Å². The van der Waals surface area contributed by atoms with Crippen molar-refractivity contribution in [2.24, 2.45) is 17.6 Å². The molecule has 0 heterocycles. The van der Waals surface area contributed by atoms with Crippen LogP contribution in [0.15, 0.2) is 0 Å². The van der Waals surface area contributed by atoms with Crippen LogP contribution in [0.5, 0.6) is 0 Å². The van der Waals surface area contributed by atoms with E-state index >= 15 is 0 Å². The molecule has 3 heteroatoms. The number of likely N-dealkylation sites (N-methyl/N-ethyl adjacent to an activating group) is 1. The summed E-state index contributed by atoms with van der Waals surface area (Å²) in [6.07, 6.45) is 6.55. The van der Waals surface area contributed by atoms with E-state index in [9.17, 15) is 0 Å². The molecule has 1 aliphatic carbocycles. The van der Waals surface area contributed by atoms with Crippen LogP contribution < -0.4 is 5.73 Å². The second-order valence-electron chi connectivity index (χ2n) is 7.25. The maximum atomic E-state index is 6.22. The first-order valence-electron chi connectivity index (χ1n) is 8.55. The molecule has 0 unspecified atom stereocenters. The molecule has 1 saturated carbocycles. The third-order valence-corrected chi connectivity index (χ3v) is 5.37. The fourth-order valence-corrected chi connectivity index (χ4v) is 3.80. The van der Waals surface area contributed by atoms with E-state index in [1.54, 1.807) is 0 Å². The number of hydrogen-bond acceptors (Lipinski definition) is 3. The number of hydrogen-bond donors (Lipinski definition) is 1. The zero-order valence-corrected chi connectivity index (χ0v) is 14.5. The lowest BCUT2D eigenvalue weighted by atomic mass is 9.72. The standard InChI is InChI=1S/C17H37N3/c1-6-20(13-7-12-19(4)5)17(14-18)10-8-16(9-11-17)15(2)3/h15-16H,6-14,18H2,1-5H3. The van der Waals surface area contributed by atoms with Gasteiger partial charge in [0.25, 0.3) is 0 Å². The van der Waals surface area contributed by atoms with Gasteiger partial charge in [-0.25, -0.2) is 0 Å². The quantitative estimate of drug-likeness (QED) is 0.743. The lowest BCUT2D eigenvalue weighted by Gasteiger charge is -2.48. The highest BCUT2D eigenvalue weighted by atomic mass is 15.2. The molecule has 2 N–H and O–H groups in total. The van der Waals surface area contributed by atoms with Gasteiger partial charge in [-0.3, -0.25) is 4.90 Å². The van der Waals surface area contributed by atoms with Crippen LogP contribution in [0.4, 0.5) is 0 Å². The predicted molar refractivity (Wildman–Crippen MR) is 89.0 cm³/mol. The van der Waals surface area contributed by atoms with Crippen molar-refractivity contribution in [2.75, 3.05) is 40.3 Å². The molecule has 1 rings (SSSR count). The molecule has 0 spiro atoms. The zero-order valence-electron chi connectivity index (χ0n) is 14.5. The highest BCUT2D eigenvalue weighted by molar-refractivity contribution is 4.96. The first-order chi connectivity index (χ1) is 9.45. The van der Waals surface area contributed by atoms with Gasteiger partial charge >= 0.3 is 0 Å². The van der Waals surface area contributed by atoms with Crippen molar-refractivity contribution in [3.8, 4) is 0 Å². The molecule has 120 valence electrons. The lowest BCUT2D eigenvalue weighted by Crippen LogP contribution is -2.56. The SMILES string of the molecule is CCN(CCCN(C)C)C1(CN)CCC(C(C)C)CC1. The highest BCUT2D eigenvalue weighted by Gasteiger charge is 2.38. The lowest BCUT2D eigenvalue weighted by molar-refractivity contribution is 0.0365. The summed E-state index contributed by atoms with van der Waals surface area (Å²) >= 11 is 0. The fourth-order valence-electron chi connectivity index (χ4n) is 3.80. The first kappa shape index (κ1) is 17.9. The van der Waals surface area contributed by atoms with Gasteiger partial charge in [0.2, 0.25) is 0 Å². The van der Waals surface area contributed by atoms with Crippen LogP contribution >= 0.6 is 0 Å². The van der Waals surface area contributed by atoms with Gasteiger partial charge in [0.05, 0.1) is 0 Å². The van der Waals surface area contributed by atoms with Gasteiger partial charge in [-0.1, -0.05) is 20.8 Å². The molecule has 20 heavy (non-hydrogen) atoms. The molecule has 1 aliphatic rings. The Hall–Kier alpha value is -0.120. The van der Waals surface area contributed by atoms with Crippen molar-refractivity contribution in [3.05, 3.63) is 0 Å². The van der Waals surface area contributed by atoms with E-state index in [0.717, 1.165) is 24.9 Å². The van der Waals surface area contributed by atoms with Crippen molar-refractivity contribution < 1.29 is 0 Å². The summed E-state index contributed by atoms with van der Waals surface area (Å²) in [4.78, 5) is 4.95. The average molecular weight is 284 g/mol. The molecule has 0 amide bonds. The van der Waals surface area contributed by atoms with Gasteiger partial charge in [0, 0.05) is 12.1 Å². The Kier molecular flexibility index (Phi) is 7.49. The number of rotatable bonds is 8. The van der Waals surface area contributed by atoms with Crippen molar-refractivity contribution in [3.63, 3.8) is 0 Å². The Morgan fingerprint density at radius 2 is 1.75 bits per heavy atom. The van der Waals surface area contributed by atoms with E-state index in [2.05, 4.69) is 44.7 Å². The van der Waals surface area contributed by atoms with Gasteiger partial charge in [0.15, 0.2) is 0 Å². The van der Waals surface area contributed by atoms with Crippen LogP contribution in [0, 0.1) is 11.8 Å². The second-order valence-corrected chi connectivity index (χ2v) is 7.25. The summed E-state index contributed by atoms with van der Waals surface area (Å²) < 4.78 is 0. The molecule has 3 nitrogen and oxygen atoms in total. The summed E-state index contributed by atoms with van der Waals surface area (Å²) in [6, 6.07) is 0. The Morgan fingerprint density at radius 1 is 1.15 bits per heavy atom. The zero-order chi connectivity index (χ0) is 15.2. The summed E-state index contributed by atoms with van der Waals surface area (Å²) in [5.74, 6) is 1.74. The molecule has 0 aliphatic heterocycles. The summed E-state index contributed by atoms with van der Waals surface area (Å²) in [5.41, 5.74) is 6.50. The van der Waals surface area contributed by atoms with E-state index in [4.69, 9.17) is 5.73 Å². The minimum absolute atomic E-state index is 0.284. The molecule has 0 aromatic rings. The Labute approximate surface area is 126 Å². The topological polar surface area (TPSA) is 32.5 Å². The average Bonchev–Trinajstić information content (AvgIpc) is 2.43.